The van der Waals surface area contributed by atoms with E-state index >= 15 is 0 Å². The number of quaternary nitrogens is 1. The molecule has 1 radical (unpaired) electrons. The van der Waals surface area contributed by atoms with Crippen molar-refractivity contribution in [3.8, 4) is 0 Å². The van der Waals surface area contributed by atoms with Crippen LogP contribution in [0, 0.1) is 0 Å². The van der Waals surface area contributed by atoms with Crippen LogP contribution >= 0.6 is 0 Å². The minimum absolute atomic E-state index is 0.442. The molecule has 9 nitrogen and oxygen atoms in total. The summed E-state index contributed by atoms with van der Waals surface area (Å²) in [5, 5.41) is 10.6. The van der Waals surface area contributed by atoms with Crippen LogP contribution in [0.2, 0.25) is 0 Å². The van der Waals surface area contributed by atoms with Gasteiger partial charge in [-0.3, -0.25) is 14.3 Å². The lowest BCUT2D eigenvalue weighted by atomic mass is 10.1. The first-order valence-corrected chi connectivity index (χ1v) is 11.5. The summed E-state index contributed by atoms with van der Waals surface area (Å²) in [6, 6.07) is 11.1. The third-order valence-electron chi connectivity index (χ3n) is 7.18. The molecule has 5 rings (SSSR count). The summed E-state index contributed by atoms with van der Waals surface area (Å²) in [6.07, 6.45) is 3.63. The first kappa shape index (κ1) is 21.1. The monoisotopic (exact) mass is 429 g/mol. The van der Waals surface area contributed by atoms with Gasteiger partial charge >= 0.3 is 0 Å². The van der Waals surface area contributed by atoms with Crippen LogP contribution in [0.3, 0.4) is 0 Å². The Morgan fingerprint density at radius 1 is 1.06 bits per heavy atom. The Morgan fingerprint density at radius 2 is 1.87 bits per heavy atom. The number of hydrogen-bond acceptors (Lipinski definition) is 7. The Morgan fingerprint density at radius 3 is 2.55 bits per heavy atom. The molecule has 2 N–H and O–H groups in total. The molecular formula is C22H35N7O2+. The molecule has 3 saturated heterocycles. The highest BCUT2D eigenvalue weighted by Gasteiger charge is 2.49. The molecule has 0 aromatic heterocycles. The second-order valence-electron chi connectivity index (χ2n) is 8.79. The zero-order valence-electron chi connectivity index (χ0n) is 18.3. The molecule has 9 heteroatoms. The fourth-order valence-electron chi connectivity index (χ4n) is 5.27. The second-order valence-corrected chi connectivity index (χ2v) is 8.79. The van der Waals surface area contributed by atoms with Crippen molar-refractivity contribution in [1.82, 2.24) is 35.5 Å². The van der Waals surface area contributed by atoms with E-state index in [2.05, 4.69) is 51.0 Å². The third-order valence-corrected chi connectivity index (χ3v) is 7.18. The largest absolute Gasteiger partial charge is 0.395 e. The topological polar surface area (TPSA) is 66.3 Å². The van der Waals surface area contributed by atoms with Gasteiger partial charge in [0.2, 0.25) is 0 Å². The lowest BCUT2D eigenvalue weighted by Crippen LogP contribution is -2.77. The van der Waals surface area contributed by atoms with Gasteiger partial charge in [0, 0.05) is 39.3 Å². The number of hydrazine groups is 1. The normalized spacial score (nSPS) is 29.7. The van der Waals surface area contributed by atoms with E-state index in [0.29, 0.717) is 0 Å². The number of morpholine rings is 1. The zero-order chi connectivity index (χ0) is 21.0. The van der Waals surface area contributed by atoms with E-state index in [4.69, 9.17) is 14.9 Å². The standard InChI is InChI=1S/C22H35N7O2/c1-2-4-21(5-3-1)29(14-8-26-11-17-30-18-12-26)15-9-27(10-16-29)22(20-23-6-7-24-22)28-13-19-31-25-28/h1-5,13,19,23,25H,6-12,14-18,20H2/q+1. The molecule has 169 valence electrons. The number of nitrogens with one attached hydrogen (secondary N) is 2. The van der Waals surface area contributed by atoms with Gasteiger partial charge < -0.3 is 14.9 Å². The highest BCUT2D eigenvalue weighted by atomic mass is 16.7. The van der Waals surface area contributed by atoms with Crippen LogP contribution in [-0.2, 0) is 9.57 Å². The molecule has 4 heterocycles. The maximum atomic E-state index is 5.55. The van der Waals surface area contributed by atoms with Crippen LogP contribution in [-0.4, -0.2) is 106 Å². The lowest BCUT2D eigenvalue weighted by Gasteiger charge is -2.54. The van der Waals surface area contributed by atoms with Gasteiger partial charge in [-0.15, -0.1) is 0 Å². The highest BCUT2D eigenvalue weighted by molar-refractivity contribution is 5.43. The van der Waals surface area contributed by atoms with Crippen LogP contribution in [0.15, 0.2) is 42.8 Å². The van der Waals surface area contributed by atoms with Crippen molar-refractivity contribution in [2.75, 3.05) is 85.2 Å². The van der Waals surface area contributed by atoms with Gasteiger partial charge in [0.1, 0.15) is 11.9 Å². The molecule has 0 bridgehead atoms. The van der Waals surface area contributed by atoms with E-state index in [9.17, 15) is 0 Å². The average Bonchev–Trinajstić information content (AvgIpc) is 3.41. The summed E-state index contributed by atoms with van der Waals surface area (Å²) in [4.78, 5) is 10.4. The average molecular weight is 430 g/mol. The smallest absolute Gasteiger partial charge is 0.193 e. The number of rotatable bonds is 6. The van der Waals surface area contributed by atoms with Crippen LogP contribution in [0.25, 0.3) is 0 Å². The fraction of sp³-hybridized carbons (Fsp3) is 0.636. The number of hydrogen-bond donors (Lipinski definition) is 2. The Hall–Kier alpha value is -1.72. The van der Waals surface area contributed by atoms with Crippen molar-refractivity contribution in [1.29, 1.82) is 0 Å². The van der Waals surface area contributed by atoms with E-state index in [1.807, 2.05) is 11.2 Å². The number of ether oxygens (including phenoxy) is 1. The first-order valence-electron chi connectivity index (χ1n) is 11.5. The maximum Gasteiger partial charge on any atom is 0.193 e. The van der Waals surface area contributed by atoms with Crippen LogP contribution in [0.4, 0.5) is 5.69 Å². The first-order chi connectivity index (χ1) is 15.3. The van der Waals surface area contributed by atoms with Crippen molar-refractivity contribution in [3.63, 3.8) is 0 Å². The van der Waals surface area contributed by atoms with Gasteiger partial charge in [0.25, 0.3) is 0 Å². The zero-order valence-corrected chi connectivity index (χ0v) is 18.3. The van der Waals surface area contributed by atoms with E-state index in [0.717, 1.165) is 89.7 Å². The van der Waals surface area contributed by atoms with Crippen LogP contribution in [0.1, 0.15) is 0 Å². The molecule has 0 aliphatic carbocycles. The summed E-state index contributed by atoms with van der Waals surface area (Å²) >= 11 is 0. The SMILES string of the molecule is C1=CN(C2(N3CC[N+](CCN4CCOCC4)(c4ccccc4)CC3)CNCC[N]2)NO1. The van der Waals surface area contributed by atoms with E-state index in [1.54, 1.807) is 6.26 Å². The highest BCUT2D eigenvalue weighted by Crippen LogP contribution is 2.30. The summed E-state index contributed by atoms with van der Waals surface area (Å²) < 4.78 is 6.57. The molecular weight excluding hydrogens is 394 g/mol. The van der Waals surface area contributed by atoms with Gasteiger partial charge in [0.05, 0.1) is 52.1 Å². The molecule has 1 atom stereocenters. The van der Waals surface area contributed by atoms with Gasteiger partial charge in [-0.05, 0) is 12.1 Å². The van der Waals surface area contributed by atoms with Gasteiger partial charge in [-0.25, -0.2) is 5.01 Å². The van der Waals surface area contributed by atoms with Gasteiger partial charge in [0.15, 0.2) is 5.79 Å². The van der Waals surface area contributed by atoms with Crippen molar-refractivity contribution in [2.24, 2.45) is 0 Å². The van der Waals surface area contributed by atoms with Gasteiger partial charge in [-0.1, -0.05) is 23.8 Å². The van der Waals surface area contributed by atoms with E-state index in [-0.39, 0.29) is 0 Å². The quantitative estimate of drug-likeness (QED) is 0.604. The number of nitrogens with zero attached hydrogens (tertiary/aromatic N) is 5. The molecule has 1 aromatic rings. The Bertz CT molecular complexity index is 727. The lowest BCUT2D eigenvalue weighted by molar-refractivity contribution is -0.147. The summed E-state index contributed by atoms with van der Waals surface area (Å²) in [5.74, 6) is -0.442. The Labute approximate surface area is 185 Å². The minimum atomic E-state index is -0.442. The molecule has 1 aromatic carbocycles. The number of piperazine rings is 2. The Kier molecular flexibility index (Phi) is 6.42. The summed E-state index contributed by atoms with van der Waals surface area (Å²) in [5.41, 5.74) is 4.43. The van der Waals surface area contributed by atoms with Crippen LogP contribution < -0.4 is 20.7 Å². The summed E-state index contributed by atoms with van der Waals surface area (Å²) in [6.45, 7) is 12.7. The predicted molar refractivity (Wildman–Crippen MR) is 119 cm³/mol. The summed E-state index contributed by atoms with van der Waals surface area (Å²) in [7, 11) is 0. The van der Waals surface area contributed by atoms with E-state index < -0.39 is 5.79 Å². The van der Waals surface area contributed by atoms with Gasteiger partial charge in [-0.2, -0.15) is 5.32 Å². The van der Waals surface area contributed by atoms with Crippen LogP contribution in [0.5, 0.6) is 0 Å². The van der Waals surface area contributed by atoms with Crippen molar-refractivity contribution < 1.29 is 9.57 Å². The molecule has 4 aliphatic rings. The third kappa shape index (κ3) is 4.31. The molecule has 4 aliphatic heterocycles. The maximum absolute atomic E-state index is 5.55. The number of benzene rings is 1. The van der Waals surface area contributed by atoms with Crippen molar-refractivity contribution in [2.45, 2.75) is 5.79 Å². The molecule has 0 spiro atoms. The molecule has 0 saturated carbocycles. The van der Waals surface area contributed by atoms with E-state index in [1.165, 1.54) is 5.69 Å². The minimum Gasteiger partial charge on any atom is -0.395 e. The van der Waals surface area contributed by atoms with Crippen molar-refractivity contribution >= 4 is 5.69 Å². The molecule has 0 amide bonds. The fourth-order valence-corrected chi connectivity index (χ4v) is 5.27. The predicted octanol–water partition coefficient (Wildman–Crippen LogP) is -0.274. The second kappa shape index (κ2) is 9.41. The molecule has 31 heavy (non-hydrogen) atoms. The molecule has 1 unspecified atom stereocenters. The number of para-hydroxylation sites is 1. The Balaban J connectivity index is 1.32. The molecule has 3 fully saturated rings. The van der Waals surface area contributed by atoms with Crippen molar-refractivity contribution in [3.05, 3.63) is 42.8 Å².